The molecule has 5 aromatic rings. The highest BCUT2D eigenvalue weighted by Crippen LogP contribution is 2.32. The average molecular weight is 416 g/mol. The van der Waals surface area contributed by atoms with Crippen molar-refractivity contribution in [2.24, 2.45) is 0 Å². The zero-order valence-electron chi connectivity index (χ0n) is 16.4. The Morgan fingerprint density at radius 2 is 1.97 bits per heavy atom. The minimum Gasteiger partial charge on any atom is -0.379 e. The number of aromatic nitrogens is 4. The number of ether oxygens (including phenoxy) is 1. The number of nitrogens with one attached hydrogen (secondary N) is 2. The molecule has 1 aliphatic rings. The van der Waals surface area contributed by atoms with Gasteiger partial charge in [-0.25, -0.2) is 4.98 Å². The molecular formula is C23H21N5OS. The van der Waals surface area contributed by atoms with Gasteiger partial charge in [0.1, 0.15) is 10.7 Å². The number of H-pyrrole nitrogens is 2. The molecule has 0 radical (unpaired) electrons. The van der Waals surface area contributed by atoms with Crippen LogP contribution in [0.2, 0.25) is 0 Å². The molecule has 6 nitrogen and oxygen atoms in total. The SMILES string of the molecule is c1csc(-c2ccc3c(-c4cc5cc(CN6CCOCC6)ccc5[nH]4)n[nH]c3c2)n1. The van der Waals surface area contributed by atoms with Crippen molar-refractivity contribution >= 4 is 33.1 Å². The Morgan fingerprint density at radius 1 is 1.03 bits per heavy atom. The summed E-state index contributed by atoms with van der Waals surface area (Å²) in [4.78, 5) is 10.4. The third kappa shape index (κ3) is 3.21. The second kappa shape index (κ2) is 7.36. The van der Waals surface area contributed by atoms with Gasteiger partial charge < -0.3 is 9.72 Å². The molecule has 0 amide bonds. The number of thiazole rings is 1. The Morgan fingerprint density at radius 3 is 2.83 bits per heavy atom. The normalized spacial score (nSPS) is 15.3. The summed E-state index contributed by atoms with van der Waals surface area (Å²) < 4.78 is 5.46. The highest BCUT2D eigenvalue weighted by molar-refractivity contribution is 7.13. The van der Waals surface area contributed by atoms with Crippen LogP contribution in [0.25, 0.3) is 43.8 Å². The van der Waals surface area contributed by atoms with Crippen molar-refractivity contribution in [3.05, 3.63) is 59.6 Å². The lowest BCUT2D eigenvalue weighted by Crippen LogP contribution is -2.35. The lowest BCUT2D eigenvalue weighted by atomic mass is 10.1. The van der Waals surface area contributed by atoms with Crippen molar-refractivity contribution in [1.82, 2.24) is 25.1 Å². The number of rotatable bonds is 4. The van der Waals surface area contributed by atoms with Gasteiger partial charge in [0.25, 0.3) is 0 Å². The third-order valence-corrected chi connectivity index (χ3v) is 6.51. The fourth-order valence-electron chi connectivity index (χ4n) is 4.15. The van der Waals surface area contributed by atoms with Gasteiger partial charge in [-0.3, -0.25) is 10.00 Å². The highest BCUT2D eigenvalue weighted by atomic mass is 32.1. The predicted molar refractivity (Wildman–Crippen MR) is 121 cm³/mol. The molecular weight excluding hydrogens is 394 g/mol. The molecule has 0 bridgehead atoms. The quantitative estimate of drug-likeness (QED) is 0.448. The minimum atomic E-state index is 0.826. The molecule has 0 unspecified atom stereocenters. The first-order valence-corrected chi connectivity index (χ1v) is 11.0. The van der Waals surface area contributed by atoms with Crippen molar-refractivity contribution in [1.29, 1.82) is 0 Å². The maximum atomic E-state index is 5.46. The number of benzene rings is 2. The van der Waals surface area contributed by atoms with Crippen LogP contribution in [0.5, 0.6) is 0 Å². The molecule has 1 aliphatic heterocycles. The molecule has 4 heterocycles. The van der Waals surface area contributed by atoms with Crippen LogP contribution < -0.4 is 0 Å². The van der Waals surface area contributed by atoms with Crippen LogP contribution >= 0.6 is 11.3 Å². The summed E-state index contributed by atoms with van der Waals surface area (Å²) in [5.41, 5.74) is 6.56. The van der Waals surface area contributed by atoms with E-state index in [1.165, 1.54) is 10.9 Å². The van der Waals surface area contributed by atoms with E-state index >= 15 is 0 Å². The van der Waals surface area contributed by atoms with Gasteiger partial charge in [-0.05, 0) is 35.9 Å². The molecule has 30 heavy (non-hydrogen) atoms. The van der Waals surface area contributed by atoms with Crippen LogP contribution in [-0.2, 0) is 11.3 Å². The zero-order valence-corrected chi connectivity index (χ0v) is 17.2. The summed E-state index contributed by atoms with van der Waals surface area (Å²) in [6.45, 7) is 4.61. The highest BCUT2D eigenvalue weighted by Gasteiger charge is 2.14. The molecule has 0 spiro atoms. The van der Waals surface area contributed by atoms with Crippen molar-refractivity contribution in [3.8, 4) is 22.0 Å². The van der Waals surface area contributed by atoms with E-state index in [1.54, 1.807) is 11.3 Å². The molecule has 0 atom stereocenters. The van der Waals surface area contributed by atoms with Gasteiger partial charge in [0, 0.05) is 53.1 Å². The average Bonchev–Trinajstić information content (AvgIpc) is 3.52. The van der Waals surface area contributed by atoms with E-state index in [0.29, 0.717) is 0 Å². The van der Waals surface area contributed by atoms with E-state index in [4.69, 9.17) is 4.74 Å². The van der Waals surface area contributed by atoms with Crippen LogP contribution in [0.4, 0.5) is 0 Å². The van der Waals surface area contributed by atoms with Crippen molar-refractivity contribution in [2.75, 3.05) is 26.3 Å². The van der Waals surface area contributed by atoms with Gasteiger partial charge in [0.15, 0.2) is 0 Å². The fourth-order valence-corrected chi connectivity index (χ4v) is 4.78. The molecule has 150 valence electrons. The van der Waals surface area contributed by atoms with Crippen LogP contribution in [0, 0.1) is 0 Å². The number of morpholine rings is 1. The third-order valence-electron chi connectivity index (χ3n) is 5.69. The number of hydrogen-bond donors (Lipinski definition) is 2. The van der Waals surface area contributed by atoms with Gasteiger partial charge >= 0.3 is 0 Å². The molecule has 2 aromatic carbocycles. The van der Waals surface area contributed by atoms with Crippen molar-refractivity contribution in [3.63, 3.8) is 0 Å². The number of fused-ring (bicyclic) bond motifs is 2. The molecule has 2 N–H and O–H groups in total. The molecule has 7 heteroatoms. The predicted octanol–water partition coefficient (Wildman–Crippen LogP) is 4.67. The van der Waals surface area contributed by atoms with E-state index in [9.17, 15) is 0 Å². The summed E-state index contributed by atoms with van der Waals surface area (Å²) in [5, 5.41) is 13.1. The lowest BCUT2D eigenvalue weighted by molar-refractivity contribution is 0.0342. The number of nitrogens with zero attached hydrogens (tertiary/aromatic N) is 3. The Bertz CT molecular complexity index is 1310. The first kappa shape index (κ1) is 17.8. The van der Waals surface area contributed by atoms with E-state index in [2.05, 4.69) is 67.5 Å². The second-order valence-electron chi connectivity index (χ2n) is 7.66. The van der Waals surface area contributed by atoms with Crippen molar-refractivity contribution in [2.45, 2.75) is 6.54 Å². The Labute approximate surface area is 177 Å². The first-order valence-electron chi connectivity index (χ1n) is 10.1. The van der Waals surface area contributed by atoms with Gasteiger partial charge in [0.2, 0.25) is 0 Å². The summed E-state index contributed by atoms with van der Waals surface area (Å²) in [6, 6.07) is 15.2. The largest absolute Gasteiger partial charge is 0.379 e. The van der Waals surface area contributed by atoms with E-state index in [0.717, 1.165) is 71.2 Å². The Hall–Kier alpha value is -3.00. The minimum absolute atomic E-state index is 0.826. The van der Waals surface area contributed by atoms with Gasteiger partial charge in [0.05, 0.1) is 24.4 Å². The van der Waals surface area contributed by atoms with Gasteiger partial charge in [-0.15, -0.1) is 11.3 Å². The standard InChI is InChI=1S/C23H21N5OS/c1-4-19-17(11-15(1)14-28-6-8-29-9-7-28)13-21(25-19)22-18-3-2-16(12-20(18)26-27-22)23-24-5-10-30-23/h1-5,10-13,25H,6-9,14H2,(H,26,27). The van der Waals surface area contributed by atoms with E-state index < -0.39 is 0 Å². The summed E-state index contributed by atoms with van der Waals surface area (Å²) in [5.74, 6) is 0. The van der Waals surface area contributed by atoms with Gasteiger partial charge in [-0.2, -0.15) is 5.10 Å². The first-order chi connectivity index (χ1) is 14.8. The molecule has 0 saturated carbocycles. The molecule has 3 aromatic heterocycles. The number of aromatic amines is 2. The number of hydrogen-bond acceptors (Lipinski definition) is 5. The molecule has 0 aliphatic carbocycles. The van der Waals surface area contributed by atoms with Crippen molar-refractivity contribution < 1.29 is 4.74 Å². The zero-order chi connectivity index (χ0) is 19.9. The van der Waals surface area contributed by atoms with E-state index in [-0.39, 0.29) is 0 Å². The van der Waals surface area contributed by atoms with Crippen LogP contribution in [-0.4, -0.2) is 51.4 Å². The second-order valence-corrected chi connectivity index (χ2v) is 8.56. The lowest BCUT2D eigenvalue weighted by Gasteiger charge is -2.26. The monoisotopic (exact) mass is 415 g/mol. The maximum absolute atomic E-state index is 5.46. The summed E-state index contributed by atoms with van der Waals surface area (Å²) in [7, 11) is 0. The van der Waals surface area contributed by atoms with Crippen LogP contribution in [0.3, 0.4) is 0 Å². The Kier molecular flexibility index (Phi) is 4.37. The van der Waals surface area contributed by atoms with Gasteiger partial charge in [-0.1, -0.05) is 12.1 Å². The van der Waals surface area contributed by atoms with E-state index in [1.807, 2.05) is 11.6 Å². The van der Waals surface area contributed by atoms with Crippen LogP contribution in [0.15, 0.2) is 54.0 Å². The maximum Gasteiger partial charge on any atom is 0.123 e. The smallest absolute Gasteiger partial charge is 0.123 e. The summed E-state index contributed by atoms with van der Waals surface area (Å²) >= 11 is 1.64. The summed E-state index contributed by atoms with van der Waals surface area (Å²) in [6.07, 6.45) is 1.83. The topological polar surface area (TPSA) is 69.8 Å². The van der Waals surface area contributed by atoms with Crippen LogP contribution in [0.1, 0.15) is 5.56 Å². The molecule has 6 rings (SSSR count). The molecule has 1 saturated heterocycles. The Balaban J connectivity index is 1.33. The molecule has 1 fully saturated rings. The fraction of sp³-hybridized carbons (Fsp3) is 0.217.